The fourth-order valence-electron chi connectivity index (χ4n) is 11.3. The van der Waals surface area contributed by atoms with Crippen LogP contribution in [0.15, 0.2) is 261 Å². The van der Waals surface area contributed by atoms with Gasteiger partial charge in [-0.15, -0.1) is 0 Å². The molecule has 0 fully saturated rings. The van der Waals surface area contributed by atoms with E-state index in [4.69, 9.17) is 0 Å². The summed E-state index contributed by atoms with van der Waals surface area (Å²) in [5.74, 6) is 0. The molecule has 12 aromatic carbocycles. The highest BCUT2D eigenvalue weighted by molar-refractivity contribution is 6.26. The number of nitrogens with zero attached hydrogens (tertiary/aromatic N) is 3. The average Bonchev–Trinajstić information content (AvgIpc) is 3.94. The molecule has 0 bridgehead atoms. The normalized spacial score (nSPS) is 11.8. The van der Waals surface area contributed by atoms with Gasteiger partial charge in [0.1, 0.15) is 0 Å². The largest absolute Gasteiger partial charge is 0.310 e. The molecule has 0 amide bonds. The van der Waals surface area contributed by atoms with Crippen LogP contribution in [0, 0.1) is 0 Å². The summed E-state index contributed by atoms with van der Waals surface area (Å²) in [6.45, 7) is 0. The van der Waals surface area contributed by atoms with Crippen molar-refractivity contribution in [3.05, 3.63) is 261 Å². The quantitative estimate of drug-likeness (QED) is 0.145. The van der Waals surface area contributed by atoms with Gasteiger partial charge in [0.2, 0.25) is 0 Å². The smallest absolute Gasteiger partial charge is 0.0541 e. The lowest BCUT2D eigenvalue weighted by molar-refractivity contribution is 1.18. The second kappa shape index (κ2) is 15.7. The molecule has 3 heteroatoms. The molecule has 69 heavy (non-hydrogen) atoms. The van der Waals surface area contributed by atoms with Crippen LogP contribution in [-0.2, 0) is 0 Å². The van der Waals surface area contributed by atoms with E-state index in [2.05, 4.69) is 275 Å². The summed E-state index contributed by atoms with van der Waals surface area (Å²) in [5, 5.41) is 12.6. The molecule has 3 nitrogen and oxygen atoms in total. The second-order valence-electron chi connectivity index (χ2n) is 18.0. The lowest BCUT2D eigenvalue weighted by atomic mass is 9.94. The van der Waals surface area contributed by atoms with Crippen molar-refractivity contribution in [2.75, 3.05) is 4.90 Å². The van der Waals surface area contributed by atoms with E-state index in [0.717, 1.165) is 39.6 Å². The summed E-state index contributed by atoms with van der Waals surface area (Å²) in [6.07, 6.45) is 0. The second-order valence-corrected chi connectivity index (χ2v) is 18.0. The zero-order valence-electron chi connectivity index (χ0n) is 37.7. The van der Waals surface area contributed by atoms with Crippen LogP contribution in [-0.4, -0.2) is 9.13 Å². The Morgan fingerprint density at radius 2 is 0.507 bits per heavy atom. The molecule has 0 spiro atoms. The van der Waals surface area contributed by atoms with Gasteiger partial charge in [-0.25, -0.2) is 0 Å². The first kappa shape index (κ1) is 39.0. The average molecular weight is 878 g/mol. The van der Waals surface area contributed by atoms with E-state index in [0.29, 0.717) is 0 Å². The predicted molar refractivity (Wildman–Crippen MR) is 293 cm³/mol. The summed E-state index contributed by atoms with van der Waals surface area (Å²) < 4.78 is 4.84. The Morgan fingerprint density at radius 1 is 0.217 bits per heavy atom. The maximum atomic E-state index is 2.42. The van der Waals surface area contributed by atoms with Gasteiger partial charge in [-0.2, -0.15) is 0 Å². The van der Waals surface area contributed by atoms with E-state index in [1.54, 1.807) is 0 Å². The highest BCUT2D eigenvalue weighted by atomic mass is 15.1. The van der Waals surface area contributed by atoms with Gasteiger partial charge in [0.05, 0.1) is 33.4 Å². The topological polar surface area (TPSA) is 13.1 Å². The number of hydrogen-bond acceptors (Lipinski definition) is 1. The molecule has 0 atom stereocenters. The number of rotatable bonds is 7. The van der Waals surface area contributed by atoms with E-state index in [1.165, 1.54) is 87.1 Å². The number of benzene rings is 12. The van der Waals surface area contributed by atoms with Gasteiger partial charge in [0.15, 0.2) is 0 Å². The molecule has 0 aliphatic carbocycles. The Labute approximate surface area is 399 Å². The molecule has 0 aliphatic rings. The van der Waals surface area contributed by atoms with Gasteiger partial charge < -0.3 is 14.0 Å². The standard InChI is InChI=1S/C66H43N3/c1-2-21-53-51(19-1)52-20-3-4-22-54(52)60-43-48(41-42-55(53)60)67(46-37-33-44(34-38-46)49-17-5-11-27-61(49)68-63-29-13-7-23-56(63)57-24-8-14-30-64(57)68)47-39-35-45(36-40-47)50-18-6-12-28-62(50)69-65-31-15-9-25-58(65)59-26-10-16-32-66(59)69/h1-43H. The van der Waals surface area contributed by atoms with Crippen molar-refractivity contribution < 1.29 is 0 Å². The van der Waals surface area contributed by atoms with E-state index in [1.807, 2.05) is 0 Å². The first-order valence-electron chi connectivity index (χ1n) is 23.8. The number of aromatic nitrogens is 2. The number of para-hydroxylation sites is 6. The molecule has 0 N–H and O–H groups in total. The molecular weight excluding hydrogens is 835 g/mol. The van der Waals surface area contributed by atoms with Gasteiger partial charge in [-0.05, 0) is 116 Å². The van der Waals surface area contributed by atoms with E-state index in [9.17, 15) is 0 Å². The fourth-order valence-corrected chi connectivity index (χ4v) is 11.3. The molecule has 14 aromatic rings. The van der Waals surface area contributed by atoms with Gasteiger partial charge in [0.25, 0.3) is 0 Å². The van der Waals surface area contributed by atoms with Crippen LogP contribution in [0.4, 0.5) is 17.1 Å². The van der Waals surface area contributed by atoms with Crippen molar-refractivity contribution in [1.82, 2.24) is 9.13 Å². The molecular formula is C66H43N3. The van der Waals surface area contributed by atoms with Crippen LogP contribution in [0.3, 0.4) is 0 Å². The summed E-state index contributed by atoms with van der Waals surface area (Å²) in [7, 11) is 0. The van der Waals surface area contributed by atoms with Gasteiger partial charge >= 0.3 is 0 Å². The van der Waals surface area contributed by atoms with Crippen LogP contribution in [0.25, 0.3) is 110 Å². The molecule has 0 radical (unpaired) electrons. The minimum Gasteiger partial charge on any atom is -0.310 e. The minimum atomic E-state index is 1.08. The molecule has 0 aliphatic heterocycles. The zero-order valence-corrected chi connectivity index (χ0v) is 37.7. The van der Waals surface area contributed by atoms with Crippen LogP contribution in [0.5, 0.6) is 0 Å². The molecule has 2 aromatic heterocycles. The fraction of sp³-hybridized carbons (Fsp3) is 0. The Balaban J connectivity index is 0.924. The molecule has 322 valence electrons. The lowest BCUT2D eigenvalue weighted by Crippen LogP contribution is -2.10. The summed E-state index contributed by atoms with van der Waals surface area (Å²) in [4.78, 5) is 2.41. The maximum absolute atomic E-state index is 2.42. The highest BCUT2D eigenvalue weighted by Crippen LogP contribution is 2.44. The van der Waals surface area contributed by atoms with Crippen LogP contribution < -0.4 is 4.90 Å². The molecule has 2 heterocycles. The minimum absolute atomic E-state index is 1.08. The van der Waals surface area contributed by atoms with Gasteiger partial charge in [0, 0.05) is 49.7 Å². The molecule has 14 rings (SSSR count). The maximum Gasteiger partial charge on any atom is 0.0541 e. The van der Waals surface area contributed by atoms with E-state index in [-0.39, 0.29) is 0 Å². The Hall–Kier alpha value is -9.18. The highest BCUT2D eigenvalue weighted by Gasteiger charge is 2.20. The van der Waals surface area contributed by atoms with Crippen molar-refractivity contribution in [3.63, 3.8) is 0 Å². The summed E-state index contributed by atoms with van der Waals surface area (Å²) in [6, 6.07) is 95.5. The number of fused-ring (bicyclic) bond motifs is 12. The molecule has 0 unspecified atom stereocenters. The number of hydrogen-bond donors (Lipinski definition) is 0. The van der Waals surface area contributed by atoms with Crippen molar-refractivity contribution in [3.8, 4) is 33.6 Å². The van der Waals surface area contributed by atoms with Crippen molar-refractivity contribution in [2.24, 2.45) is 0 Å². The molecule has 0 saturated carbocycles. The van der Waals surface area contributed by atoms with Crippen LogP contribution in [0.2, 0.25) is 0 Å². The zero-order chi connectivity index (χ0) is 45.4. The first-order valence-corrected chi connectivity index (χ1v) is 23.8. The van der Waals surface area contributed by atoms with E-state index >= 15 is 0 Å². The third kappa shape index (κ3) is 6.14. The Morgan fingerprint density at radius 3 is 0.899 bits per heavy atom. The van der Waals surface area contributed by atoms with Crippen molar-refractivity contribution in [2.45, 2.75) is 0 Å². The van der Waals surface area contributed by atoms with Gasteiger partial charge in [-0.3, -0.25) is 0 Å². The SMILES string of the molecule is c1ccc(-n2c3ccccc3c3ccccc32)c(-c2ccc(N(c3ccc(-c4ccccc4-n4c5ccccc5c5ccccc54)cc3)c3ccc4c5ccccc5c5ccccc5c4c3)cc2)c1. The van der Waals surface area contributed by atoms with Crippen molar-refractivity contribution >= 4 is 93.0 Å². The Kier molecular flexibility index (Phi) is 8.90. The third-order valence-electron chi connectivity index (χ3n) is 14.3. The summed E-state index contributed by atoms with van der Waals surface area (Å²) >= 11 is 0. The lowest BCUT2D eigenvalue weighted by Gasteiger charge is -2.27. The van der Waals surface area contributed by atoms with Crippen LogP contribution >= 0.6 is 0 Å². The predicted octanol–water partition coefficient (Wildman–Crippen LogP) is 18.1. The summed E-state index contributed by atoms with van der Waals surface area (Å²) in [5.41, 5.74) is 15.0. The monoisotopic (exact) mass is 877 g/mol. The van der Waals surface area contributed by atoms with Gasteiger partial charge in [-0.1, -0.05) is 188 Å². The van der Waals surface area contributed by atoms with Crippen molar-refractivity contribution in [1.29, 1.82) is 0 Å². The van der Waals surface area contributed by atoms with Crippen LogP contribution in [0.1, 0.15) is 0 Å². The van der Waals surface area contributed by atoms with E-state index < -0.39 is 0 Å². The molecule has 0 saturated heterocycles. The Bertz CT molecular complexity index is 3960. The number of anilines is 3. The third-order valence-corrected chi connectivity index (χ3v) is 14.3. The first-order chi connectivity index (χ1) is 34.3.